The second-order valence-electron chi connectivity index (χ2n) is 6.19. The quantitative estimate of drug-likeness (QED) is 0.859. The predicted molar refractivity (Wildman–Crippen MR) is 83.0 cm³/mol. The Hall–Kier alpha value is -1.62. The Morgan fingerprint density at radius 2 is 2.24 bits per heavy atom. The number of pyridine rings is 1. The summed E-state index contributed by atoms with van der Waals surface area (Å²) in [6.07, 6.45) is 3.66. The number of rotatable bonds is 5. The number of hydrogen-bond acceptors (Lipinski definition) is 3. The van der Waals surface area contributed by atoms with E-state index in [2.05, 4.69) is 19.2 Å². The van der Waals surface area contributed by atoms with E-state index < -0.39 is 0 Å². The van der Waals surface area contributed by atoms with Crippen molar-refractivity contribution in [3.8, 4) is 0 Å². The fraction of sp³-hybridized carbons (Fsp3) is 0.625. The van der Waals surface area contributed by atoms with Gasteiger partial charge < -0.3 is 15.6 Å². The van der Waals surface area contributed by atoms with Crippen molar-refractivity contribution in [3.05, 3.63) is 33.7 Å². The van der Waals surface area contributed by atoms with Crippen molar-refractivity contribution in [2.75, 3.05) is 6.54 Å². The molecule has 1 aromatic heterocycles. The molecule has 5 heteroatoms. The molecule has 2 rings (SSSR count). The highest BCUT2D eigenvalue weighted by molar-refractivity contribution is 5.75. The summed E-state index contributed by atoms with van der Waals surface area (Å²) in [7, 11) is 0. The molecule has 1 aliphatic carbocycles. The van der Waals surface area contributed by atoms with Gasteiger partial charge in [-0.1, -0.05) is 19.9 Å². The maximum absolute atomic E-state index is 12.1. The normalized spacial score (nSPS) is 17.6. The largest absolute Gasteiger partial charge is 0.355 e. The molecular weight excluding hydrogens is 266 g/mol. The fourth-order valence-corrected chi connectivity index (χ4v) is 2.77. The van der Waals surface area contributed by atoms with Crippen LogP contribution in [0, 0.1) is 5.92 Å². The summed E-state index contributed by atoms with van der Waals surface area (Å²) < 4.78 is 1.58. The molecule has 1 aliphatic rings. The Morgan fingerprint density at radius 3 is 2.95 bits per heavy atom. The Morgan fingerprint density at radius 1 is 1.48 bits per heavy atom. The van der Waals surface area contributed by atoms with Crippen LogP contribution in [-0.2, 0) is 17.8 Å². The van der Waals surface area contributed by atoms with E-state index in [4.69, 9.17) is 5.73 Å². The number of amides is 1. The number of fused-ring (bicyclic) bond motifs is 1. The molecule has 0 spiro atoms. The molecular formula is C16H25N3O2. The van der Waals surface area contributed by atoms with Crippen molar-refractivity contribution in [1.82, 2.24) is 9.88 Å². The van der Waals surface area contributed by atoms with E-state index in [1.54, 1.807) is 4.57 Å². The SMILES string of the molecule is CC(C)CCNC(=O)Cn1c2c(ccc1=O)C(N)CCC2. The minimum atomic E-state index is -0.123. The zero-order chi connectivity index (χ0) is 15.4. The maximum atomic E-state index is 12.1. The van der Waals surface area contributed by atoms with Gasteiger partial charge in [0.2, 0.25) is 5.91 Å². The van der Waals surface area contributed by atoms with Crippen LogP contribution < -0.4 is 16.6 Å². The Kier molecular flexibility index (Phi) is 5.17. The monoisotopic (exact) mass is 291 g/mol. The molecule has 1 heterocycles. The lowest BCUT2D eigenvalue weighted by molar-refractivity contribution is -0.121. The van der Waals surface area contributed by atoms with E-state index in [0.29, 0.717) is 12.5 Å². The lowest BCUT2D eigenvalue weighted by Gasteiger charge is -2.25. The van der Waals surface area contributed by atoms with Crippen LogP contribution in [0.25, 0.3) is 0 Å². The molecule has 0 radical (unpaired) electrons. The van der Waals surface area contributed by atoms with Crippen LogP contribution in [-0.4, -0.2) is 17.0 Å². The first-order valence-electron chi connectivity index (χ1n) is 7.74. The third-order valence-corrected chi connectivity index (χ3v) is 4.00. The van der Waals surface area contributed by atoms with Gasteiger partial charge in [-0.25, -0.2) is 0 Å². The third-order valence-electron chi connectivity index (χ3n) is 4.00. The van der Waals surface area contributed by atoms with Gasteiger partial charge >= 0.3 is 0 Å². The first kappa shape index (κ1) is 15.8. The zero-order valence-corrected chi connectivity index (χ0v) is 12.9. The van der Waals surface area contributed by atoms with Gasteiger partial charge in [0.25, 0.3) is 5.56 Å². The van der Waals surface area contributed by atoms with Crippen LogP contribution in [0.3, 0.4) is 0 Å². The zero-order valence-electron chi connectivity index (χ0n) is 12.9. The summed E-state index contributed by atoms with van der Waals surface area (Å²) in [5.74, 6) is 0.445. The van der Waals surface area contributed by atoms with Crippen molar-refractivity contribution in [2.45, 2.75) is 52.1 Å². The standard InChI is InChI=1S/C16H25N3O2/c1-11(2)8-9-18-15(20)10-19-14-5-3-4-13(17)12(14)6-7-16(19)21/h6-7,11,13H,3-5,8-10,17H2,1-2H3,(H,18,20). The molecule has 1 amide bonds. The molecule has 1 atom stereocenters. The average Bonchev–Trinajstić information content (AvgIpc) is 2.42. The Bertz CT molecular complexity index is 563. The van der Waals surface area contributed by atoms with Gasteiger partial charge in [-0.3, -0.25) is 9.59 Å². The van der Waals surface area contributed by atoms with E-state index in [0.717, 1.165) is 36.9 Å². The van der Waals surface area contributed by atoms with Crippen molar-refractivity contribution in [2.24, 2.45) is 11.7 Å². The third kappa shape index (κ3) is 3.94. The summed E-state index contributed by atoms with van der Waals surface area (Å²) in [6.45, 7) is 4.98. The number of nitrogens with two attached hydrogens (primary N) is 1. The Labute approximate surface area is 125 Å². The molecule has 0 bridgehead atoms. The molecule has 0 aliphatic heterocycles. The molecule has 3 N–H and O–H groups in total. The average molecular weight is 291 g/mol. The molecule has 1 unspecified atom stereocenters. The highest BCUT2D eigenvalue weighted by atomic mass is 16.2. The van der Waals surface area contributed by atoms with Crippen molar-refractivity contribution in [1.29, 1.82) is 0 Å². The van der Waals surface area contributed by atoms with Gasteiger partial charge in [-0.15, -0.1) is 0 Å². The van der Waals surface area contributed by atoms with Crippen LogP contribution in [0.5, 0.6) is 0 Å². The van der Waals surface area contributed by atoms with Crippen LogP contribution >= 0.6 is 0 Å². The van der Waals surface area contributed by atoms with Crippen LogP contribution in [0.2, 0.25) is 0 Å². The molecule has 5 nitrogen and oxygen atoms in total. The van der Waals surface area contributed by atoms with Gasteiger partial charge in [0, 0.05) is 24.3 Å². The molecule has 0 saturated carbocycles. The minimum absolute atomic E-state index is 0.0235. The number of carbonyl (C=O) groups excluding carboxylic acids is 1. The van der Waals surface area contributed by atoms with E-state index >= 15 is 0 Å². The van der Waals surface area contributed by atoms with Gasteiger partial charge in [0.15, 0.2) is 0 Å². The lowest BCUT2D eigenvalue weighted by atomic mass is 9.91. The number of hydrogen-bond donors (Lipinski definition) is 2. The smallest absolute Gasteiger partial charge is 0.251 e. The van der Waals surface area contributed by atoms with E-state index in [-0.39, 0.29) is 24.1 Å². The fourth-order valence-electron chi connectivity index (χ4n) is 2.77. The van der Waals surface area contributed by atoms with Crippen LogP contribution in [0.4, 0.5) is 0 Å². The van der Waals surface area contributed by atoms with Gasteiger partial charge in [-0.05, 0) is 37.2 Å². The molecule has 21 heavy (non-hydrogen) atoms. The minimum Gasteiger partial charge on any atom is -0.355 e. The summed E-state index contributed by atoms with van der Waals surface area (Å²) in [6, 6.07) is 3.31. The van der Waals surface area contributed by atoms with Gasteiger partial charge in [0.05, 0.1) is 0 Å². The van der Waals surface area contributed by atoms with E-state index in [1.165, 1.54) is 6.07 Å². The van der Waals surface area contributed by atoms with Crippen LogP contribution in [0.1, 0.15) is 50.4 Å². The van der Waals surface area contributed by atoms with Gasteiger partial charge in [0.1, 0.15) is 6.54 Å². The number of aromatic nitrogens is 1. The molecule has 116 valence electrons. The van der Waals surface area contributed by atoms with E-state index in [1.807, 2.05) is 6.07 Å². The second kappa shape index (κ2) is 6.89. The topological polar surface area (TPSA) is 77.1 Å². The Balaban J connectivity index is 2.11. The van der Waals surface area contributed by atoms with Crippen molar-refractivity contribution >= 4 is 5.91 Å². The van der Waals surface area contributed by atoms with Gasteiger partial charge in [-0.2, -0.15) is 0 Å². The summed E-state index contributed by atoms with van der Waals surface area (Å²) in [5.41, 5.74) is 7.91. The summed E-state index contributed by atoms with van der Waals surface area (Å²) >= 11 is 0. The predicted octanol–water partition coefficient (Wildman–Crippen LogP) is 1.35. The van der Waals surface area contributed by atoms with Crippen molar-refractivity contribution in [3.63, 3.8) is 0 Å². The van der Waals surface area contributed by atoms with Crippen LogP contribution in [0.15, 0.2) is 16.9 Å². The summed E-state index contributed by atoms with van der Waals surface area (Å²) in [4.78, 5) is 24.1. The molecule has 0 fully saturated rings. The van der Waals surface area contributed by atoms with E-state index in [9.17, 15) is 9.59 Å². The first-order chi connectivity index (χ1) is 9.99. The first-order valence-corrected chi connectivity index (χ1v) is 7.74. The van der Waals surface area contributed by atoms with Crippen molar-refractivity contribution < 1.29 is 4.79 Å². The second-order valence-corrected chi connectivity index (χ2v) is 6.19. The summed E-state index contributed by atoms with van der Waals surface area (Å²) in [5, 5.41) is 2.88. The lowest BCUT2D eigenvalue weighted by Crippen LogP contribution is -2.36. The highest BCUT2D eigenvalue weighted by Gasteiger charge is 2.21. The number of nitrogens with one attached hydrogen (secondary N) is 1. The number of carbonyl (C=O) groups is 1. The molecule has 0 aromatic carbocycles. The highest BCUT2D eigenvalue weighted by Crippen LogP contribution is 2.26. The maximum Gasteiger partial charge on any atom is 0.251 e. The molecule has 0 saturated heterocycles. The number of nitrogens with zero attached hydrogens (tertiary/aromatic N) is 1. The molecule has 1 aromatic rings.